The second-order valence-corrected chi connectivity index (χ2v) is 28.2. The fourth-order valence-corrected chi connectivity index (χ4v) is 13.2. The van der Waals surface area contributed by atoms with Crippen molar-refractivity contribution in [2.75, 3.05) is 13.2 Å². The predicted octanol–water partition coefficient (Wildman–Crippen LogP) is 22.9. The number of rotatable bonds is 72. The SMILES string of the molecule is CCCCCCC/C=C\C/C=C\CCCCCCCCCCCCCCCCCCCCCCCCCCCCCC(=O)NC(COC1OC(CO)C(O)C(O)C1O)C(O)/C=C/CCCCCCCCCCCCCCCCCCCCCCCCCCCC. The second-order valence-electron chi connectivity index (χ2n) is 28.2. The molecule has 1 amide bonds. The minimum absolute atomic E-state index is 0.167. The van der Waals surface area contributed by atoms with Gasteiger partial charge in [-0.2, -0.15) is 0 Å². The summed E-state index contributed by atoms with van der Waals surface area (Å²) >= 11 is 0. The van der Waals surface area contributed by atoms with E-state index in [0.717, 1.165) is 44.9 Å². The van der Waals surface area contributed by atoms with Gasteiger partial charge in [-0.1, -0.05) is 397 Å². The van der Waals surface area contributed by atoms with E-state index in [1.807, 2.05) is 6.08 Å². The maximum Gasteiger partial charge on any atom is 0.220 e. The van der Waals surface area contributed by atoms with E-state index >= 15 is 0 Å². The number of hydrogen-bond acceptors (Lipinski definition) is 8. The number of aliphatic hydroxyl groups is 5. The summed E-state index contributed by atoms with van der Waals surface area (Å²) in [5, 5.41) is 54.9. The molecule has 7 unspecified atom stereocenters. The molecule has 1 aliphatic rings. The van der Waals surface area contributed by atoms with Gasteiger partial charge in [-0.3, -0.25) is 4.79 Å². The molecule has 1 heterocycles. The summed E-state index contributed by atoms with van der Waals surface area (Å²) in [7, 11) is 0. The average molecular weight is 1270 g/mol. The third kappa shape index (κ3) is 57.8. The summed E-state index contributed by atoms with van der Waals surface area (Å²) in [6, 6.07) is -0.805. The van der Waals surface area contributed by atoms with Crippen LogP contribution in [-0.2, 0) is 14.3 Å². The molecule has 90 heavy (non-hydrogen) atoms. The first kappa shape index (κ1) is 86.4. The van der Waals surface area contributed by atoms with E-state index < -0.39 is 49.5 Å². The molecule has 0 saturated carbocycles. The highest BCUT2D eigenvalue weighted by molar-refractivity contribution is 5.76. The van der Waals surface area contributed by atoms with Crippen molar-refractivity contribution < 1.29 is 39.8 Å². The number of allylic oxidation sites excluding steroid dienone is 5. The number of ether oxygens (including phenoxy) is 2. The Bertz CT molecular complexity index is 1520. The van der Waals surface area contributed by atoms with Gasteiger partial charge in [-0.25, -0.2) is 0 Å². The predicted molar refractivity (Wildman–Crippen MR) is 387 cm³/mol. The molecule has 0 bridgehead atoms. The maximum atomic E-state index is 13.2. The van der Waals surface area contributed by atoms with Crippen LogP contribution in [0, 0.1) is 0 Å². The number of aliphatic hydroxyl groups excluding tert-OH is 5. The van der Waals surface area contributed by atoms with Gasteiger partial charge < -0.3 is 40.3 Å². The Morgan fingerprint density at radius 1 is 0.378 bits per heavy atom. The molecule has 0 aliphatic carbocycles. The number of unbranched alkanes of at least 4 members (excludes halogenated alkanes) is 58. The van der Waals surface area contributed by atoms with Crippen LogP contribution in [0.5, 0.6) is 0 Å². The topological polar surface area (TPSA) is 149 Å². The standard InChI is InChI=1S/C81H155NO8/c1-3-5-7-9-11-13-15-17-19-21-23-25-27-29-31-33-34-35-36-37-38-39-40-41-42-43-45-47-49-51-53-55-57-59-61-63-65-67-69-71-77(85)82-74(73-89-81-80(88)79(87)78(86)76(72-83)90-81)75(84)70-68-66-64-62-60-58-56-54-52-50-48-46-44-32-30-28-26-24-22-20-18-16-14-12-10-8-6-4-2/h15,17,21,23,68,70,74-76,78-81,83-84,86-88H,3-14,16,18-20,22,24-67,69,71-73H2,1-2H3,(H,82,85)/b17-15-,23-21-,70-68+. The zero-order chi connectivity index (χ0) is 64.9. The lowest BCUT2D eigenvalue weighted by Crippen LogP contribution is -2.60. The molecule has 9 heteroatoms. The van der Waals surface area contributed by atoms with Crippen molar-refractivity contribution in [2.24, 2.45) is 0 Å². The maximum absolute atomic E-state index is 13.2. The Morgan fingerprint density at radius 3 is 0.956 bits per heavy atom. The lowest BCUT2D eigenvalue weighted by molar-refractivity contribution is -0.302. The van der Waals surface area contributed by atoms with Crippen LogP contribution in [0.3, 0.4) is 0 Å². The Kier molecular flexibility index (Phi) is 67.4. The zero-order valence-electron chi connectivity index (χ0n) is 59.9. The van der Waals surface area contributed by atoms with Gasteiger partial charge in [0.15, 0.2) is 6.29 Å². The van der Waals surface area contributed by atoms with E-state index in [-0.39, 0.29) is 12.5 Å². The highest BCUT2D eigenvalue weighted by Crippen LogP contribution is 2.24. The molecule has 532 valence electrons. The monoisotopic (exact) mass is 1270 g/mol. The number of carbonyl (C=O) groups excluding carboxylic acids is 1. The zero-order valence-corrected chi connectivity index (χ0v) is 59.9. The molecule has 1 saturated heterocycles. The quantitative estimate of drug-likeness (QED) is 0.0261. The first-order chi connectivity index (χ1) is 44.3. The van der Waals surface area contributed by atoms with E-state index in [9.17, 15) is 30.3 Å². The smallest absolute Gasteiger partial charge is 0.220 e. The summed E-state index contributed by atoms with van der Waals surface area (Å²) in [6.45, 7) is 3.83. The van der Waals surface area contributed by atoms with Gasteiger partial charge in [0, 0.05) is 6.42 Å². The van der Waals surface area contributed by atoms with Crippen molar-refractivity contribution in [3.8, 4) is 0 Å². The van der Waals surface area contributed by atoms with Crippen LogP contribution >= 0.6 is 0 Å². The molecule has 0 aromatic carbocycles. The lowest BCUT2D eigenvalue weighted by atomic mass is 9.99. The fraction of sp³-hybridized carbons (Fsp3) is 0.914. The molecule has 7 atom stereocenters. The minimum Gasteiger partial charge on any atom is -0.394 e. The van der Waals surface area contributed by atoms with Gasteiger partial charge in [0.1, 0.15) is 24.4 Å². The average Bonchev–Trinajstić information content (AvgIpc) is 2.75. The molecule has 1 rings (SSSR count). The Balaban J connectivity index is 2.04. The third-order valence-corrected chi connectivity index (χ3v) is 19.5. The number of hydrogen-bond donors (Lipinski definition) is 6. The molecule has 9 nitrogen and oxygen atoms in total. The summed E-state index contributed by atoms with van der Waals surface area (Å²) in [5.74, 6) is -0.167. The van der Waals surface area contributed by atoms with Crippen molar-refractivity contribution in [1.29, 1.82) is 0 Å². The highest BCUT2D eigenvalue weighted by Gasteiger charge is 2.44. The van der Waals surface area contributed by atoms with E-state index in [2.05, 4.69) is 43.5 Å². The van der Waals surface area contributed by atoms with Crippen molar-refractivity contribution >= 4 is 5.91 Å². The molecule has 0 aromatic heterocycles. The Morgan fingerprint density at radius 2 is 0.656 bits per heavy atom. The van der Waals surface area contributed by atoms with E-state index in [0.29, 0.717) is 6.42 Å². The lowest BCUT2D eigenvalue weighted by Gasteiger charge is -2.40. The van der Waals surface area contributed by atoms with Crippen molar-refractivity contribution in [1.82, 2.24) is 5.32 Å². The van der Waals surface area contributed by atoms with Crippen LogP contribution in [0.25, 0.3) is 0 Å². The van der Waals surface area contributed by atoms with Crippen molar-refractivity contribution in [2.45, 2.75) is 461 Å². The fourth-order valence-electron chi connectivity index (χ4n) is 13.2. The molecular weight excluding hydrogens is 1110 g/mol. The Labute approximate surface area is 559 Å². The third-order valence-electron chi connectivity index (χ3n) is 19.5. The van der Waals surface area contributed by atoms with Crippen LogP contribution in [0.4, 0.5) is 0 Å². The number of amides is 1. The van der Waals surface area contributed by atoms with Gasteiger partial charge in [0.2, 0.25) is 5.91 Å². The van der Waals surface area contributed by atoms with Crippen LogP contribution in [0.1, 0.15) is 418 Å². The first-order valence-corrected chi connectivity index (χ1v) is 40.2. The van der Waals surface area contributed by atoms with Gasteiger partial charge in [0.05, 0.1) is 25.4 Å². The van der Waals surface area contributed by atoms with Crippen LogP contribution < -0.4 is 5.32 Å². The summed E-state index contributed by atoms with van der Waals surface area (Å²) in [5.41, 5.74) is 0. The molecule has 0 aromatic rings. The first-order valence-electron chi connectivity index (χ1n) is 40.2. The normalized spacial score (nSPS) is 17.9. The van der Waals surface area contributed by atoms with E-state index in [1.54, 1.807) is 6.08 Å². The minimum atomic E-state index is -1.57. The molecule has 6 N–H and O–H groups in total. The number of nitrogens with one attached hydrogen (secondary N) is 1. The molecule has 1 aliphatic heterocycles. The second kappa shape index (κ2) is 70.2. The Hall–Kier alpha value is -1.59. The molecule has 0 radical (unpaired) electrons. The van der Waals surface area contributed by atoms with Gasteiger partial charge in [-0.15, -0.1) is 0 Å². The van der Waals surface area contributed by atoms with Crippen LogP contribution in [0.2, 0.25) is 0 Å². The van der Waals surface area contributed by atoms with E-state index in [4.69, 9.17) is 9.47 Å². The largest absolute Gasteiger partial charge is 0.394 e. The van der Waals surface area contributed by atoms with Crippen LogP contribution in [0.15, 0.2) is 36.5 Å². The summed E-state index contributed by atoms with van der Waals surface area (Å²) in [4.78, 5) is 13.2. The summed E-state index contributed by atoms with van der Waals surface area (Å²) < 4.78 is 11.4. The van der Waals surface area contributed by atoms with Gasteiger partial charge >= 0.3 is 0 Å². The number of carbonyl (C=O) groups is 1. The highest BCUT2D eigenvalue weighted by atomic mass is 16.7. The van der Waals surface area contributed by atoms with Crippen molar-refractivity contribution in [3.63, 3.8) is 0 Å². The molecule has 1 fully saturated rings. The summed E-state index contributed by atoms with van der Waals surface area (Å²) in [6.07, 6.45) is 88.7. The molecule has 0 spiro atoms. The van der Waals surface area contributed by atoms with Crippen molar-refractivity contribution in [3.05, 3.63) is 36.5 Å². The van der Waals surface area contributed by atoms with Crippen LogP contribution in [-0.4, -0.2) is 87.5 Å². The molecular formula is C81H155NO8. The van der Waals surface area contributed by atoms with E-state index in [1.165, 1.54) is 353 Å². The van der Waals surface area contributed by atoms with Gasteiger partial charge in [0.25, 0.3) is 0 Å². The van der Waals surface area contributed by atoms with Gasteiger partial charge in [-0.05, 0) is 51.4 Å².